The van der Waals surface area contributed by atoms with Gasteiger partial charge in [-0.2, -0.15) is 5.26 Å². The number of hydrogen-bond acceptors (Lipinski definition) is 6. The molecule has 0 aliphatic heterocycles. The van der Waals surface area contributed by atoms with Crippen LogP contribution in [0.4, 0.5) is 5.69 Å². The lowest BCUT2D eigenvalue weighted by Gasteiger charge is -2.23. The van der Waals surface area contributed by atoms with Gasteiger partial charge in [-0.05, 0) is 48.1 Å². The fourth-order valence-corrected chi connectivity index (χ4v) is 6.79. The number of nitrogens with one attached hydrogen (secondary N) is 1. The largest absolute Gasteiger partial charge is 0.481 e. The molecule has 0 spiro atoms. The molecule has 1 amide bonds. The lowest BCUT2D eigenvalue weighted by molar-refractivity contribution is -0.146. The average molecular weight is 462 g/mol. The van der Waals surface area contributed by atoms with Crippen molar-refractivity contribution in [2.45, 2.75) is 16.5 Å². The highest BCUT2D eigenvalue weighted by Gasteiger charge is 2.51. The van der Waals surface area contributed by atoms with Gasteiger partial charge in [-0.3, -0.25) is 9.59 Å². The SMILES string of the molecule is N#Cc1ccccc1CSc1nc2ccc(NC(=O)[C@H]3[C@H](C(=O)O)[C@H]4C=C[C@H]3C4)cc2s1. The zero-order chi connectivity index (χ0) is 22.2. The van der Waals surface area contributed by atoms with Crippen LogP contribution in [0.25, 0.3) is 10.2 Å². The van der Waals surface area contributed by atoms with Gasteiger partial charge in [0.1, 0.15) is 0 Å². The van der Waals surface area contributed by atoms with Gasteiger partial charge in [0.05, 0.1) is 33.7 Å². The lowest BCUT2D eigenvalue weighted by atomic mass is 9.82. The Morgan fingerprint density at radius 3 is 2.75 bits per heavy atom. The van der Waals surface area contributed by atoms with E-state index in [0.717, 1.165) is 26.5 Å². The van der Waals surface area contributed by atoms with Gasteiger partial charge in [0.2, 0.25) is 5.91 Å². The van der Waals surface area contributed by atoms with Crippen molar-refractivity contribution in [2.75, 3.05) is 5.32 Å². The number of aliphatic carboxylic acids is 1. The molecule has 1 saturated carbocycles. The Bertz CT molecular complexity index is 1290. The minimum Gasteiger partial charge on any atom is -0.481 e. The molecule has 1 heterocycles. The maximum atomic E-state index is 12.9. The number of carboxylic acid groups (broad SMARTS) is 1. The fraction of sp³-hybridized carbons (Fsp3) is 0.250. The highest BCUT2D eigenvalue weighted by molar-refractivity contribution is 8.00. The molecule has 2 bridgehead atoms. The van der Waals surface area contributed by atoms with E-state index in [1.54, 1.807) is 17.8 Å². The van der Waals surface area contributed by atoms with Crippen LogP contribution in [0.15, 0.2) is 59.0 Å². The number of fused-ring (bicyclic) bond motifs is 3. The molecule has 0 radical (unpaired) electrons. The molecule has 0 unspecified atom stereocenters. The number of amides is 1. The van der Waals surface area contributed by atoms with E-state index in [9.17, 15) is 20.0 Å². The monoisotopic (exact) mass is 461 g/mol. The molecule has 1 aromatic heterocycles. The van der Waals surface area contributed by atoms with E-state index in [1.807, 2.05) is 48.6 Å². The molecule has 0 saturated heterocycles. The van der Waals surface area contributed by atoms with E-state index in [1.165, 1.54) is 11.3 Å². The summed E-state index contributed by atoms with van der Waals surface area (Å²) in [7, 11) is 0. The van der Waals surface area contributed by atoms with Crippen molar-refractivity contribution in [3.05, 3.63) is 65.7 Å². The molecule has 4 atom stereocenters. The van der Waals surface area contributed by atoms with Gasteiger partial charge in [0.25, 0.3) is 0 Å². The zero-order valence-electron chi connectivity index (χ0n) is 16.9. The summed E-state index contributed by atoms with van der Waals surface area (Å²) in [6, 6.07) is 15.3. The first-order chi connectivity index (χ1) is 15.5. The summed E-state index contributed by atoms with van der Waals surface area (Å²) in [6.07, 6.45) is 4.65. The third-order valence-corrected chi connectivity index (χ3v) is 8.38. The number of nitriles is 1. The molecule has 8 heteroatoms. The maximum Gasteiger partial charge on any atom is 0.307 e. The smallest absolute Gasteiger partial charge is 0.307 e. The molecule has 2 aliphatic rings. The van der Waals surface area contributed by atoms with Crippen LogP contribution in [0.5, 0.6) is 0 Å². The van der Waals surface area contributed by atoms with Crippen LogP contribution in [0.3, 0.4) is 0 Å². The van der Waals surface area contributed by atoms with Crippen molar-refractivity contribution < 1.29 is 14.7 Å². The summed E-state index contributed by atoms with van der Waals surface area (Å²) < 4.78 is 1.84. The first-order valence-corrected chi connectivity index (χ1v) is 12.1. The van der Waals surface area contributed by atoms with Gasteiger partial charge in [-0.25, -0.2) is 4.98 Å². The van der Waals surface area contributed by atoms with Gasteiger partial charge >= 0.3 is 5.97 Å². The van der Waals surface area contributed by atoms with Gasteiger partial charge in [-0.15, -0.1) is 11.3 Å². The number of carboxylic acids is 1. The van der Waals surface area contributed by atoms with Gasteiger partial charge in [0, 0.05) is 11.4 Å². The summed E-state index contributed by atoms with van der Waals surface area (Å²) in [5, 5.41) is 21.8. The van der Waals surface area contributed by atoms with E-state index in [0.29, 0.717) is 17.0 Å². The predicted molar refractivity (Wildman–Crippen MR) is 124 cm³/mol. The van der Waals surface area contributed by atoms with Crippen LogP contribution in [-0.4, -0.2) is 22.0 Å². The Morgan fingerprint density at radius 2 is 1.97 bits per heavy atom. The second-order valence-corrected chi connectivity index (χ2v) is 10.3. The second kappa shape index (κ2) is 8.41. The Kier molecular flexibility index (Phi) is 5.45. The van der Waals surface area contributed by atoms with Crippen LogP contribution in [0.2, 0.25) is 0 Å². The zero-order valence-corrected chi connectivity index (χ0v) is 18.5. The third-order valence-electron chi connectivity index (χ3n) is 6.17. The van der Waals surface area contributed by atoms with Gasteiger partial charge in [0.15, 0.2) is 4.34 Å². The summed E-state index contributed by atoms with van der Waals surface area (Å²) in [5.41, 5.74) is 3.13. The van der Waals surface area contributed by atoms with E-state index in [4.69, 9.17) is 0 Å². The molecule has 1 fully saturated rings. The number of thiazole rings is 1. The molecule has 160 valence electrons. The number of aromatic nitrogens is 1. The number of rotatable bonds is 6. The Morgan fingerprint density at radius 1 is 1.19 bits per heavy atom. The van der Waals surface area contributed by atoms with E-state index >= 15 is 0 Å². The predicted octanol–water partition coefficient (Wildman–Crippen LogP) is 4.92. The highest BCUT2D eigenvalue weighted by atomic mass is 32.2. The summed E-state index contributed by atoms with van der Waals surface area (Å²) in [4.78, 5) is 29.3. The minimum atomic E-state index is -0.903. The summed E-state index contributed by atoms with van der Waals surface area (Å²) in [6.45, 7) is 0. The minimum absolute atomic E-state index is 0.00692. The van der Waals surface area contributed by atoms with Crippen LogP contribution in [0, 0.1) is 35.0 Å². The molecule has 32 heavy (non-hydrogen) atoms. The average Bonchev–Trinajstić information content (AvgIpc) is 3.51. The number of carbonyl (C=O) groups excluding carboxylic acids is 1. The number of carbonyl (C=O) groups is 2. The van der Waals surface area contributed by atoms with Gasteiger partial charge < -0.3 is 10.4 Å². The van der Waals surface area contributed by atoms with Crippen LogP contribution in [0.1, 0.15) is 17.5 Å². The fourth-order valence-electron chi connectivity index (χ4n) is 4.68. The number of hydrogen-bond donors (Lipinski definition) is 2. The molecule has 6 nitrogen and oxygen atoms in total. The Labute approximate surface area is 193 Å². The first-order valence-electron chi connectivity index (χ1n) is 10.3. The van der Waals surface area contributed by atoms with Crippen molar-refractivity contribution in [2.24, 2.45) is 23.7 Å². The van der Waals surface area contributed by atoms with Crippen molar-refractivity contribution in [3.8, 4) is 6.07 Å². The van der Waals surface area contributed by atoms with E-state index in [2.05, 4.69) is 16.4 Å². The second-order valence-electron chi connectivity index (χ2n) is 8.05. The summed E-state index contributed by atoms with van der Waals surface area (Å²) in [5.74, 6) is -1.74. The number of anilines is 1. The molecule has 2 N–H and O–H groups in total. The number of nitrogens with zero attached hydrogens (tertiary/aromatic N) is 2. The number of thioether (sulfide) groups is 1. The first kappa shape index (κ1) is 20.7. The molecule has 5 rings (SSSR count). The quantitative estimate of drug-likeness (QED) is 0.399. The molecular formula is C24H19N3O3S2. The lowest BCUT2D eigenvalue weighted by Crippen LogP contribution is -2.36. The van der Waals surface area contributed by atoms with E-state index in [-0.39, 0.29) is 17.7 Å². The normalized spacial score (nSPS) is 23.3. The van der Waals surface area contributed by atoms with Gasteiger partial charge in [-0.1, -0.05) is 42.1 Å². The third kappa shape index (κ3) is 3.78. The van der Waals surface area contributed by atoms with Crippen LogP contribution < -0.4 is 5.32 Å². The number of allylic oxidation sites excluding steroid dienone is 2. The molecule has 3 aromatic rings. The molecule has 2 aromatic carbocycles. The topological polar surface area (TPSA) is 103 Å². The standard InChI is InChI=1S/C24H19N3O3S2/c25-11-15-3-1-2-4-16(15)12-31-24-27-18-8-7-17(10-19(18)32-24)26-22(28)20-13-5-6-14(9-13)21(20)23(29)30/h1-8,10,13-14,20-21H,9,12H2,(H,26,28)(H,29,30)/t13-,14-,20+,21+/m0/s1. The number of benzene rings is 2. The molecule has 2 aliphatic carbocycles. The highest BCUT2D eigenvalue weighted by Crippen LogP contribution is 2.48. The van der Waals surface area contributed by atoms with Crippen molar-refractivity contribution in [1.29, 1.82) is 5.26 Å². The van der Waals surface area contributed by atoms with Crippen molar-refractivity contribution in [1.82, 2.24) is 4.98 Å². The molecular weight excluding hydrogens is 442 g/mol. The van der Waals surface area contributed by atoms with Crippen LogP contribution >= 0.6 is 23.1 Å². The maximum absolute atomic E-state index is 12.9. The van der Waals surface area contributed by atoms with Crippen molar-refractivity contribution >= 4 is 50.9 Å². The Hall–Kier alpha value is -3.15. The van der Waals surface area contributed by atoms with Crippen molar-refractivity contribution in [3.63, 3.8) is 0 Å². The van der Waals surface area contributed by atoms with E-state index < -0.39 is 17.8 Å². The Balaban J connectivity index is 1.30. The van der Waals surface area contributed by atoms with Crippen LogP contribution in [-0.2, 0) is 15.3 Å². The summed E-state index contributed by atoms with van der Waals surface area (Å²) >= 11 is 3.11.